The first kappa shape index (κ1) is 20.9. The van der Waals surface area contributed by atoms with E-state index in [2.05, 4.69) is 10.6 Å². The zero-order chi connectivity index (χ0) is 18.2. The Balaban J connectivity index is 4.91. The second kappa shape index (κ2) is 9.81. The highest BCUT2D eigenvalue weighted by atomic mass is 16.5. The van der Waals surface area contributed by atoms with Gasteiger partial charge in [-0.25, -0.2) is 4.79 Å². The molecule has 0 spiro atoms. The van der Waals surface area contributed by atoms with Crippen LogP contribution >= 0.6 is 0 Å². The summed E-state index contributed by atoms with van der Waals surface area (Å²) in [5, 5.41) is 14.1. The van der Waals surface area contributed by atoms with Gasteiger partial charge in [-0.3, -0.25) is 14.4 Å². The highest BCUT2D eigenvalue weighted by Gasteiger charge is 2.30. The van der Waals surface area contributed by atoms with Crippen LogP contribution in [0.2, 0.25) is 0 Å². The molecule has 0 aliphatic rings. The van der Waals surface area contributed by atoms with Gasteiger partial charge in [0.1, 0.15) is 12.1 Å². The van der Waals surface area contributed by atoms with Gasteiger partial charge < -0.3 is 20.5 Å². The SMILES string of the molecule is CCOC(=O)[C@@H](C)C[C@@H](NC(=O)[C@H](NC(C)=O)C(C)C)C(=O)O. The molecule has 0 unspecified atom stereocenters. The van der Waals surface area contributed by atoms with E-state index in [-0.39, 0.29) is 24.9 Å². The van der Waals surface area contributed by atoms with E-state index in [9.17, 15) is 24.3 Å². The minimum Gasteiger partial charge on any atom is -0.480 e. The Labute approximate surface area is 136 Å². The zero-order valence-electron chi connectivity index (χ0n) is 14.2. The molecule has 0 rings (SSSR count). The van der Waals surface area contributed by atoms with Gasteiger partial charge in [0.15, 0.2) is 0 Å². The average Bonchev–Trinajstić information content (AvgIpc) is 2.43. The van der Waals surface area contributed by atoms with E-state index in [0.717, 1.165) is 0 Å². The van der Waals surface area contributed by atoms with Crippen LogP contribution in [-0.4, -0.2) is 47.6 Å². The van der Waals surface area contributed by atoms with E-state index in [1.54, 1.807) is 20.8 Å². The number of hydrogen-bond donors (Lipinski definition) is 3. The number of rotatable bonds is 9. The molecule has 0 aliphatic carbocycles. The number of carbonyl (C=O) groups excluding carboxylic acids is 3. The van der Waals surface area contributed by atoms with E-state index in [0.29, 0.717) is 0 Å². The van der Waals surface area contributed by atoms with E-state index in [1.807, 2.05) is 0 Å². The van der Waals surface area contributed by atoms with Gasteiger partial charge in [-0.2, -0.15) is 0 Å². The molecular formula is C15H26N2O6. The van der Waals surface area contributed by atoms with Crippen LogP contribution in [0.3, 0.4) is 0 Å². The summed E-state index contributed by atoms with van der Waals surface area (Å²) in [6.45, 7) is 8.13. The van der Waals surface area contributed by atoms with Crippen LogP contribution in [0.15, 0.2) is 0 Å². The van der Waals surface area contributed by atoms with Crippen molar-refractivity contribution in [2.24, 2.45) is 11.8 Å². The Morgan fingerprint density at radius 3 is 2.04 bits per heavy atom. The van der Waals surface area contributed by atoms with Crippen molar-refractivity contribution >= 4 is 23.8 Å². The first-order valence-corrected chi connectivity index (χ1v) is 7.57. The van der Waals surface area contributed by atoms with Gasteiger partial charge in [0.25, 0.3) is 0 Å². The standard InChI is InChI=1S/C15H26N2O6/c1-6-23-15(22)9(4)7-11(14(20)21)17-13(19)12(8(2)3)16-10(5)18/h8-9,11-12H,6-7H2,1-5H3,(H,16,18)(H,17,19)(H,20,21)/t9-,11+,12+/m0/s1. The number of amides is 2. The van der Waals surface area contributed by atoms with E-state index in [4.69, 9.17) is 4.74 Å². The third kappa shape index (κ3) is 7.62. The minimum absolute atomic E-state index is 0.0925. The lowest BCUT2D eigenvalue weighted by atomic mass is 9.99. The summed E-state index contributed by atoms with van der Waals surface area (Å²) >= 11 is 0. The molecule has 8 nitrogen and oxygen atoms in total. The number of ether oxygens (including phenoxy) is 1. The molecule has 0 radical (unpaired) electrons. The molecule has 0 heterocycles. The van der Waals surface area contributed by atoms with Crippen molar-refractivity contribution in [1.29, 1.82) is 0 Å². The molecule has 0 aromatic rings. The lowest BCUT2D eigenvalue weighted by molar-refractivity contribution is -0.149. The summed E-state index contributed by atoms with van der Waals surface area (Å²) in [7, 11) is 0. The fourth-order valence-corrected chi connectivity index (χ4v) is 1.97. The quantitative estimate of drug-likeness (QED) is 0.523. The van der Waals surface area contributed by atoms with E-state index >= 15 is 0 Å². The van der Waals surface area contributed by atoms with Crippen molar-refractivity contribution in [1.82, 2.24) is 10.6 Å². The number of carbonyl (C=O) groups is 4. The van der Waals surface area contributed by atoms with Gasteiger partial charge >= 0.3 is 11.9 Å². The molecular weight excluding hydrogens is 304 g/mol. The maximum Gasteiger partial charge on any atom is 0.326 e. The lowest BCUT2D eigenvalue weighted by Gasteiger charge is -2.24. The largest absolute Gasteiger partial charge is 0.480 e. The second-order valence-electron chi connectivity index (χ2n) is 5.71. The normalized spacial score (nSPS) is 14.5. The number of nitrogens with one attached hydrogen (secondary N) is 2. The number of esters is 1. The molecule has 8 heteroatoms. The van der Waals surface area contributed by atoms with Crippen LogP contribution < -0.4 is 10.6 Å². The van der Waals surface area contributed by atoms with Crippen LogP contribution in [0.1, 0.15) is 41.0 Å². The highest BCUT2D eigenvalue weighted by molar-refractivity contribution is 5.90. The molecule has 132 valence electrons. The molecule has 0 aromatic heterocycles. The summed E-state index contributed by atoms with van der Waals surface area (Å²) < 4.78 is 4.83. The Bertz CT molecular complexity index is 449. The Morgan fingerprint density at radius 1 is 1.09 bits per heavy atom. The molecule has 2 amide bonds. The summed E-state index contributed by atoms with van der Waals surface area (Å²) in [5.74, 6) is -3.63. The predicted molar refractivity (Wildman–Crippen MR) is 82.4 cm³/mol. The summed E-state index contributed by atoms with van der Waals surface area (Å²) in [4.78, 5) is 46.3. The molecule has 3 N–H and O–H groups in total. The fraction of sp³-hybridized carbons (Fsp3) is 0.733. The number of hydrogen-bond acceptors (Lipinski definition) is 5. The number of carboxylic acids is 1. The average molecular weight is 330 g/mol. The Morgan fingerprint density at radius 2 is 1.65 bits per heavy atom. The summed E-state index contributed by atoms with van der Waals surface area (Å²) in [5.41, 5.74) is 0. The van der Waals surface area contributed by atoms with E-state index in [1.165, 1.54) is 13.8 Å². The first-order valence-electron chi connectivity index (χ1n) is 7.57. The van der Waals surface area contributed by atoms with Crippen LogP contribution in [-0.2, 0) is 23.9 Å². The molecule has 3 atom stereocenters. The lowest BCUT2D eigenvalue weighted by Crippen LogP contribution is -2.53. The molecule has 0 aliphatic heterocycles. The molecule has 0 saturated carbocycles. The molecule has 23 heavy (non-hydrogen) atoms. The van der Waals surface area contributed by atoms with Crippen LogP contribution in [0.4, 0.5) is 0 Å². The Hall–Kier alpha value is -2.12. The van der Waals surface area contributed by atoms with E-state index < -0.39 is 35.8 Å². The molecule has 0 bridgehead atoms. The minimum atomic E-state index is -1.25. The van der Waals surface area contributed by atoms with Gasteiger partial charge in [0, 0.05) is 6.92 Å². The molecule has 0 aromatic carbocycles. The van der Waals surface area contributed by atoms with Gasteiger partial charge in [-0.05, 0) is 19.3 Å². The topological polar surface area (TPSA) is 122 Å². The maximum atomic E-state index is 12.2. The van der Waals surface area contributed by atoms with Crippen molar-refractivity contribution in [3.05, 3.63) is 0 Å². The maximum absolute atomic E-state index is 12.2. The van der Waals surface area contributed by atoms with Crippen LogP contribution in [0, 0.1) is 11.8 Å². The summed E-state index contributed by atoms with van der Waals surface area (Å²) in [6, 6.07) is -2.08. The predicted octanol–water partition coefficient (Wildman–Crippen LogP) is 0.306. The third-order valence-corrected chi connectivity index (χ3v) is 3.20. The van der Waals surface area contributed by atoms with Crippen molar-refractivity contribution in [3.8, 4) is 0 Å². The van der Waals surface area contributed by atoms with Crippen molar-refractivity contribution in [2.75, 3.05) is 6.61 Å². The highest BCUT2D eigenvalue weighted by Crippen LogP contribution is 2.10. The second-order valence-corrected chi connectivity index (χ2v) is 5.71. The van der Waals surface area contributed by atoms with Crippen molar-refractivity contribution in [2.45, 2.75) is 53.1 Å². The number of carboxylic acid groups (broad SMARTS) is 1. The van der Waals surface area contributed by atoms with Gasteiger partial charge in [0.2, 0.25) is 11.8 Å². The zero-order valence-corrected chi connectivity index (χ0v) is 14.2. The summed E-state index contributed by atoms with van der Waals surface area (Å²) in [6.07, 6.45) is -0.0925. The van der Waals surface area contributed by atoms with Crippen molar-refractivity contribution in [3.63, 3.8) is 0 Å². The van der Waals surface area contributed by atoms with Crippen LogP contribution in [0.25, 0.3) is 0 Å². The van der Waals surface area contributed by atoms with Gasteiger partial charge in [0.05, 0.1) is 12.5 Å². The Kier molecular flexibility index (Phi) is 8.90. The van der Waals surface area contributed by atoms with Gasteiger partial charge in [-0.1, -0.05) is 20.8 Å². The molecule has 0 saturated heterocycles. The van der Waals surface area contributed by atoms with Gasteiger partial charge in [-0.15, -0.1) is 0 Å². The van der Waals surface area contributed by atoms with Crippen molar-refractivity contribution < 1.29 is 29.0 Å². The first-order chi connectivity index (χ1) is 10.6. The third-order valence-electron chi connectivity index (χ3n) is 3.20. The van der Waals surface area contributed by atoms with Crippen LogP contribution in [0.5, 0.6) is 0 Å². The number of aliphatic carboxylic acids is 1. The fourth-order valence-electron chi connectivity index (χ4n) is 1.97. The monoisotopic (exact) mass is 330 g/mol. The smallest absolute Gasteiger partial charge is 0.326 e. The molecule has 0 fully saturated rings.